The van der Waals surface area contributed by atoms with Crippen LogP contribution in [-0.2, 0) is 0 Å². The Morgan fingerprint density at radius 2 is 1.71 bits per heavy atom. The normalized spacial score (nSPS) is 10.1. The van der Waals surface area contributed by atoms with Gasteiger partial charge in [0.15, 0.2) is 0 Å². The summed E-state index contributed by atoms with van der Waals surface area (Å²) in [6, 6.07) is 13.2. The fourth-order valence-corrected chi connectivity index (χ4v) is 1.97. The fraction of sp³-hybridized carbons (Fsp3) is 0.0769. The number of methoxy groups -OCH3 is 1. The van der Waals surface area contributed by atoms with Crippen LogP contribution in [0.3, 0.4) is 0 Å². The predicted octanol–water partition coefficient (Wildman–Crippen LogP) is 4.75. The zero-order chi connectivity index (χ0) is 12.3. The summed E-state index contributed by atoms with van der Waals surface area (Å²) in [5.74, 6) is 0.592. The third-order valence-electron chi connectivity index (χ3n) is 2.29. The van der Waals surface area contributed by atoms with Crippen molar-refractivity contribution in [3.05, 3.63) is 52.5 Å². The second-order valence-electron chi connectivity index (χ2n) is 3.46. The van der Waals surface area contributed by atoms with E-state index in [4.69, 9.17) is 27.9 Å². The Kier molecular flexibility index (Phi) is 3.77. The van der Waals surface area contributed by atoms with Crippen LogP contribution in [-0.4, -0.2) is 7.11 Å². The van der Waals surface area contributed by atoms with E-state index in [1.807, 2.05) is 30.3 Å². The molecule has 0 aromatic heterocycles. The maximum atomic E-state index is 6.11. The van der Waals surface area contributed by atoms with Gasteiger partial charge in [-0.2, -0.15) is 0 Å². The van der Waals surface area contributed by atoms with Gasteiger partial charge in [0.2, 0.25) is 0 Å². The highest BCUT2D eigenvalue weighted by molar-refractivity contribution is 6.37. The SMILES string of the molecule is COc1cc(Nc2ccccc2)c(Cl)cc1Cl. The van der Waals surface area contributed by atoms with Gasteiger partial charge < -0.3 is 10.1 Å². The largest absolute Gasteiger partial charge is 0.495 e. The Bertz CT molecular complexity index is 514. The van der Waals surface area contributed by atoms with Crippen LogP contribution >= 0.6 is 23.2 Å². The van der Waals surface area contributed by atoms with Crippen molar-refractivity contribution in [3.63, 3.8) is 0 Å². The van der Waals surface area contributed by atoms with Gasteiger partial charge in [-0.25, -0.2) is 0 Å². The van der Waals surface area contributed by atoms with E-state index in [-0.39, 0.29) is 0 Å². The van der Waals surface area contributed by atoms with E-state index >= 15 is 0 Å². The lowest BCUT2D eigenvalue weighted by Crippen LogP contribution is -1.93. The van der Waals surface area contributed by atoms with Crippen molar-refractivity contribution >= 4 is 34.6 Å². The molecule has 0 atom stereocenters. The number of halogens is 2. The Morgan fingerprint density at radius 1 is 1.00 bits per heavy atom. The third kappa shape index (κ3) is 2.84. The Hall–Kier alpha value is -1.38. The molecule has 2 aromatic rings. The summed E-state index contributed by atoms with van der Waals surface area (Å²) >= 11 is 12.1. The minimum atomic E-state index is 0.496. The smallest absolute Gasteiger partial charge is 0.139 e. The lowest BCUT2D eigenvalue weighted by Gasteiger charge is -2.11. The Morgan fingerprint density at radius 3 is 2.35 bits per heavy atom. The summed E-state index contributed by atoms with van der Waals surface area (Å²) in [6.07, 6.45) is 0. The molecular formula is C13H11Cl2NO. The van der Waals surface area contributed by atoms with Crippen molar-refractivity contribution in [1.29, 1.82) is 0 Å². The standard InChI is InChI=1S/C13H11Cl2NO/c1-17-13-8-12(10(14)7-11(13)15)16-9-5-3-2-4-6-9/h2-8,16H,1H3. The molecule has 0 saturated carbocycles. The summed E-state index contributed by atoms with van der Waals surface area (Å²) in [4.78, 5) is 0. The molecule has 2 rings (SSSR count). The molecular weight excluding hydrogens is 257 g/mol. The zero-order valence-electron chi connectivity index (χ0n) is 9.21. The lowest BCUT2D eigenvalue weighted by molar-refractivity contribution is 0.415. The highest BCUT2D eigenvalue weighted by atomic mass is 35.5. The van der Waals surface area contributed by atoms with E-state index in [2.05, 4.69) is 5.32 Å². The molecule has 0 bridgehead atoms. The van der Waals surface area contributed by atoms with Gasteiger partial charge in [-0.1, -0.05) is 41.4 Å². The van der Waals surface area contributed by atoms with Crippen LogP contribution in [0.1, 0.15) is 0 Å². The first-order valence-electron chi connectivity index (χ1n) is 5.06. The quantitative estimate of drug-likeness (QED) is 0.867. The molecule has 4 heteroatoms. The topological polar surface area (TPSA) is 21.3 Å². The van der Waals surface area contributed by atoms with E-state index in [1.165, 1.54) is 0 Å². The maximum absolute atomic E-state index is 6.11. The number of benzene rings is 2. The number of ether oxygens (including phenoxy) is 1. The van der Waals surface area contributed by atoms with Crippen LogP contribution in [0, 0.1) is 0 Å². The molecule has 0 spiro atoms. The maximum Gasteiger partial charge on any atom is 0.139 e. The van der Waals surface area contributed by atoms with Gasteiger partial charge in [-0.15, -0.1) is 0 Å². The first-order chi connectivity index (χ1) is 8.20. The number of rotatable bonds is 3. The third-order valence-corrected chi connectivity index (χ3v) is 2.90. The van der Waals surface area contributed by atoms with E-state index in [0.29, 0.717) is 15.8 Å². The molecule has 2 nitrogen and oxygen atoms in total. The summed E-state index contributed by atoms with van der Waals surface area (Å²) in [6.45, 7) is 0. The Balaban J connectivity index is 2.33. The van der Waals surface area contributed by atoms with Crippen molar-refractivity contribution in [2.24, 2.45) is 0 Å². The molecule has 0 unspecified atom stereocenters. The van der Waals surface area contributed by atoms with Crippen LogP contribution in [0.5, 0.6) is 5.75 Å². The van der Waals surface area contributed by atoms with Crippen LogP contribution in [0.15, 0.2) is 42.5 Å². The Labute approximate surface area is 110 Å². The van der Waals surface area contributed by atoms with E-state index in [9.17, 15) is 0 Å². The summed E-state index contributed by atoms with van der Waals surface area (Å²) in [7, 11) is 1.57. The molecule has 1 N–H and O–H groups in total. The monoisotopic (exact) mass is 267 g/mol. The first-order valence-corrected chi connectivity index (χ1v) is 5.81. The average Bonchev–Trinajstić information content (AvgIpc) is 2.34. The highest BCUT2D eigenvalue weighted by Crippen LogP contribution is 2.35. The van der Waals surface area contributed by atoms with Gasteiger partial charge in [0.1, 0.15) is 5.75 Å². The molecule has 2 aromatic carbocycles. The van der Waals surface area contributed by atoms with Crippen LogP contribution < -0.4 is 10.1 Å². The van der Waals surface area contributed by atoms with Crippen molar-refractivity contribution < 1.29 is 4.74 Å². The summed E-state index contributed by atoms with van der Waals surface area (Å²) in [5.41, 5.74) is 1.72. The molecule has 0 aliphatic rings. The number of para-hydroxylation sites is 1. The molecule has 0 saturated heterocycles. The number of hydrogen-bond acceptors (Lipinski definition) is 2. The average molecular weight is 268 g/mol. The van der Waals surface area contributed by atoms with E-state index in [1.54, 1.807) is 19.2 Å². The van der Waals surface area contributed by atoms with Gasteiger partial charge >= 0.3 is 0 Å². The van der Waals surface area contributed by atoms with Gasteiger partial charge in [-0.3, -0.25) is 0 Å². The van der Waals surface area contributed by atoms with E-state index < -0.39 is 0 Å². The van der Waals surface area contributed by atoms with Gasteiger partial charge in [0, 0.05) is 11.8 Å². The van der Waals surface area contributed by atoms with E-state index in [0.717, 1.165) is 11.4 Å². The molecule has 88 valence electrons. The van der Waals surface area contributed by atoms with Crippen molar-refractivity contribution in [1.82, 2.24) is 0 Å². The highest BCUT2D eigenvalue weighted by Gasteiger charge is 2.07. The molecule has 17 heavy (non-hydrogen) atoms. The van der Waals surface area contributed by atoms with Crippen LogP contribution in [0.4, 0.5) is 11.4 Å². The van der Waals surface area contributed by atoms with Gasteiger partial charge in [0.25, 0.3) is 0 Å². The molecule has 0 radical (unpaired) electrons. The van der Waals surface area contributed by atoms with Crippen LogP contribution in [0.25, 0.3) is 0 Å². The van der Waals surface area contributed by atoms with Crippen molar-refractivity contribution in [3.8, 4) is 5.75 Å². The predicted molar refractivity (Wildman–Crippen MR) is 72.7 cm³/mol. The number of anilines is 2. The minimum absolute atomic E-state index is 0.496. The molecule has 0 fully saturated rings. The first kappa shape index (κ1) is 12.1. The van der Waals surface area contributed by atoms with Gasteiger partial charge in [0.05, 0.1) is 22.8 Å². The zero-order valence-corrected chi connectivity index (χ0v) is 10.7. The molecule has 0 aliphatic heterocycles. The molecule has 0 amide bonds. The molecule has 0 heterocycles. The number of hydrogen-bond donors (Lipinski definition) is 1. The summed E-state index contributed by atoms with van der Waals surface area (Å²) < 4.78 is 5.15. The summed E-state index contributed by atoms with van der Waals surface area (Å²) in [5, 5.41) is 4.26. The van der Waals surface area contributed by atoms with Gasteiger partial charge in [-0.05, 0) is 18.2 Å². The lowest BCUT2D eigenvalue weighted by atomic mass is 10.2. The van der Waals surface area contributed by atoms with Crippen molar-refractivity contribution in [2.75, 3.05) is 12.4 Å². The second kappa shape index (κ2) is 5.30. The molecule has 0 aliphatic carbocycles. The van der Waals surface area contributed by atoms with Crippen molar-refractivity contribution in [2.45, 2.75) is 0 Å². The minimum Gasteiger partial charge on any atom is -0.495 e. The second-order valence-corrected chi connectivity index (χ2v) is 4.27. The fourth-order valence-electron chi connectivity index (χ4n) is 1.46. The number of nitrogens with one attached hydrogen (secondary N) is 1. The van der Waals surface area contributed by atoms with Crippen LogP contribution in [0.2, 0.25) is 10.0 Å².